The monoisotopic (exact) mass is 770 g/mol. The van der Waals surface area contributed by atoms with Gasteiger partial charge in [-0.1, -0.05) is 92.2 Å². The minimum atomic E-state index is -5.58. The maximum absolute atomic E-state index is 15.0. The second-order valence-electron chi connectivity index (χ2n) is 12.3. The van der Waals surface area contributed by atoms with E-state index < -0.39 is 69.0 Å². The van der Waals surface area contributed by atoms with Crippen LogP contribution < -0.4 is 4.90 Å². The smallest absolute Gasteiger partial charge is 0.338 e. The molecule has 1 amide bonds. The normalized spacial score (nSPS) is 11.6. The summed E-state index contributed by atoms with van der Waals surface area (Å²) in [5, 5.41) is 0.265. The molecular weight excluding hydrogens is 739 g/mol. The van der Waals surface area contributed by atoms with Crippen molar-refractivity contribution in [3.63, 3.8) is 0 Å². The number of hydrogen-bond donors (Lipinski definition) is 0. The minimum absolute atomic E-state index is 0.0133. The summed E-state index contributed by atoms with van der Waals surface area (Å²) in [7, 11) is -5.58. The number of carbonyl (C=O) groups is 2. The SMILES string of the molecule is CC(C)c1ccc(CN(C(=O)CN(Cc2ccc(Cl)cc2)S(=O)(=O)c2c(F)c(F)c(F)c(F)c2F)c2ccc(C(=O)OCc3ccccc3)cc2)cc1. The van der Waals surface area contributed by atoms with Crippen molar-refractivity contribution < 1.29 is 44.7 Å². The van der Waals surface area contributed by atoms with Gasteiger partial charge >= 0.3 is 5.97 Å². The van der Waals surface area contributed by atoms with Gasteiger partial charge < -0.3 is 9.64 Å². The van der Waals surface area contributed by atoms with Gasteiger partial charge in [-0.2, -0.15) is 4.31 Å². The Bertz CT molecular complexity index is 2180. The molecule has 0 radical (unpaired) electrons. The Morgan fingerprint density at radius 3 is 1.77 bits per heavy atom. The highest BCUT2D eigenvalue weighted by atomic mass is 35.5. The van der Waals surface area contributed by atoms with Crippen molar-refractivity contribution >= 4 is 39.2 Å². The zero-order chi connectivity index (χ0) is 38.4. The van der Waals surface area contributed by atoms with Crippen LogP contribution >= 0.6 is 11.6 Å². The van der Waals surface area contributed by atoms with Gasteiger partial charge in [0, 0.05) is 17.3 Å². The summed E-state index contributed by atoms with van der Waals surface area (Å²) in [4.78, 5) is 26.1. The van der Waals surface area contributed by atoms with Crippen LogP contribution in [0.5, 0.6) is 0 Å². The Hall–Kier alpha value is -5.11. The topological polar surface area (TPSA) is 84.0 Å². The Morgan fingerprint density at radius 2 is 1.21 bits per heavy atom. The maximum Gasteiger partial charge on any atom is 0.338 e. The molecule has 7 nitrogen and oxygen atoms in total. The van der Waals surface area contributed by atoms with Crippen LogP contribution in [0.1, 0.15) is 52.4 Å². The van der Waals surface area contributed by atoms with Gasteiger partial charge in [0.15, 0.2) is 28.2 Å². The third-order valence-electron chi connectivity index (χ3n) is 8.27. The molecule has 5 aromatic rings. The van der Waals surface area contributed by atoms with E-state index in [1.165, 1.54) is 53.4 Å². The van der Waals surface area contributed by atoms with Crippen molar-refractivity contribution in [1.82, 2.24) is 4.31 Å². The molecule has 14 heteroatoms. The van der Waals surface area contributed by atoms with E-state index in [4.69, 9.17) is 16.3 Å². The van der Waals surface area contributed by atoms with Crippen LogP contribution in [0, 0.1) is 29.1 Å². The zero-order valence-electron chi connectivity index (χ0n) is 28.3. The summed E-state index contributed by atoms with van der Waals surface area (Å²) in [5.74, 6) is -14.0. The lowest BCUT2D eigenvalue weighted by atomic mass is 10.0. The number of ether oxygens (including phenoxy) is 1. The van der Waals surface area contributed by atoms with Gasteiger partial charge in [0.05, 0.1) is 18.7 Å². The highest BCUT2D eigenvalue weighted by molar-refractivity contribution is 7.89. The van der Waals surface area contributed by atoms with Crippen molar-refractivity contribution in [1.29, 1.82) is 0 Å². The lowest BCUT2D eigenvalue weighted by Gasteiger charge is -2.28. The molecule has 0 atom stereocenters. The van der Waals surface area contributed by atoms with E-state index in [9.17, 15) is 40.0 Å². The summed E-state index contributed by atoms with van der Waals surface area (Å²) >= 11 is 5.96. The Balaban J connectivity index is 1.51. The van der Waals surface area contributed by atoms with Gasteiger partial charge in [-0.25, -0.2) is 35.2 Å². The molecule has 0 aliphatic carbocycles. The first kappa shape index (κ1) is 39.1. The molecule has 53 heavy (non-hydrogen) atoms. The van der Waals surface area contributed by atoms with Crippen molar-refractivity contribution in [2.75, 3.05) is 11.4 Å². The molecule has 0 fully saturated rings. The average molecular weight is 771 g/mol. The Kier molecular flexibility index (Phi) is 12.3. The maximum atomic E-state index is 15.0. The van der Waals surface area contributed by atoms with Crippen molar-refractivity contribution in [2.45, 2.75) is 44.4 Å². The van der Waals surface area contributed by atoms with E-state index >= 15 is 0 Å². The van der Waals surface area contributed by atoms with E-state index in [1.807, 2.05) is 32.0 Å². The highest BCUT2D eigenvalue weighted by Gasteiger charge is 2.38. The average Bonchev–Trinajstić information content (AvgIpc) is 3.15. The summed E-state index contributed by atoms with van der Waals surface area (Å²) < 4.78 is 106. The first-order valence-electron chi connectivity index (χ1n) is 16.1. The number of esters is 1. The molecule has 0 N–H and O–H groups in total. The van der Waals surface area contributed by atoms with E-state index in [0.29, 0.717) is 9.87 Å². The quantitative estimate of drug-likeness (QED) is 0.0517. The van der Waals surface area contributed by atoms with Crippen molar-refractivity contribution in [3.8, 4) is 0 Å². The van der Waals surface area contributed by atoms with Gasteiger partial charge in [0.2, 0.25) is 21.7 Å². The third-order valence-corrected chi connectivity index (χ3v) is 10.3. The van der Waals surface area contributed by atoms with Gasteiger partial charge in [0.25, 0.3) is 0 Å². The fraction of sp³-hybridized carbons (Fsp3) is 0.179. The van der Waals surface area contributed by atoms with Crippen molar-refractivity contribution in [3.05, 3.63) is 165 Å². The molecule has 0 unspecified atom stereocenters. The molecule has 276 valence electrons. The lowest BCUT2D eigenvalue weighted by Crippen LogP contribution is -2.43. The fourth-order valence-corrected chi connectivity index (χ4v) is 6.91. The molecule has 5 aromatic carbocycles. The van der Waals surface area contributed by atoms with Crippen molar-refractivity contribution in [2.24, 2.45) is 0 Å². The standard InChI is InChI=1S/C39H32ClF5N2O5S/c1-24(2)28-12-8-26(9-13-28)21-47(31-18-14-29(15-19-31)39(49)52-23-27-6-4-3-5-7-27)32(48)22-46(20-25-10-16-30(40)17-11-25)53(50,51)38-36(44)34(42)33(41)35(43)37(38)45/h3-19,24H,20-23H2,1-2H3. The van der Waals surface area contributed by atoms with E-state index in [-0.39, 0.29) is 40.9 Å². The molecule has 5 rings (SSSR count). The second kappa shape index (κ2) is 16.7. The van der Waals surface area contributed by atoms with Crippen LogP contribution in [0.25, 0.3) is 0 Å². The predicted molar refractivity (Wildman–Crippen MR) is 189 cm³/mol. The van der Waals surface area contributed by atoms with Crippen LogP contribution in [0.4, 0.5) is 27.6 Å². The lowest BCUT2D eigenvalue weighted by molar-refractivity contribution is -0.119. The molecular formula is C39H32ClF5N2O5S. The number of halogens is 6. The number of benzene rings is 5. The van der Waals surface area contributed by atoms with Gasteiger partial charge in [-0.05, 0) is 64.6 Å². The number of rotatable bonds is 13. The van der Waals surface area contributed by atoms with Gasteiger partial charge in [-0.15, -0.1) is 0 Å². The number of sulfonamides is 1. The number of carbonyl (C=O) groups excluding carboxylic acids is 2. The molecule has 0 saturated heterocycles. The molecule has 0 spiro atoms. The molecule has 0 aromatic heterocycles. The van der Waals surface area contributed by atoms with Gasteiger partial charge in [0.1, 0.15) is 6.61 Å². The van der Waals surface area contributed by atoms with Crippen LogP contribution in [0.2, 0.25) is 5.02 Å². The summed E-state index contributed by atoms with van der Waals surface area (Å²) in [6.45, 7) is 2.06. The van der Waals surface area contributed by atoms with Crippen LogP contribution in [-0.2, 0) is 39.3 Å². The van der Waals surface area contributed by atoms with E-state index in [1.54, 1.807) is 36.4 Å². The third kappa shape index (κ3) is 9.10. The van der Waals surface area contributed by atoms with Gasteiger partial charge in [-0.3, -0.25) is 4.79 Å². The Morgan fingerprint density at radius 1 is 0.679 bits per heavy atom. The highest BCUT2D eigenvalue weighted by Crippen LogP contribution is 2.31. The minimum Gasteiger partial charge on any atom is -0.457 e. The summed E-state index contributed by atoms with van der Waals surface area (Å²) in [6.07, 6.45) is 0. The summed E-state index contributed by atoms with van der Waals surface area (Å²) in [5.41, 5.74) is 2.92. The van der Waals surface area contributed by atoms with Crippen LogP contribution in [-0.4, -0.2) is 31.1 Å². The molecule has 0 bridgehead atoms. The number of nitrogens with zero attached hydrogens (tertiary/aromatic N) is 2. The first-order chi connectivity index (χ1) is 25.2. The molecule has 0 aliphatic heterocycles. The summed E-state index contributed by atoms with van der Waals surface area (Å²) in [6, 6.07) is 27.4. The molecule has 0 heterocycles. The van der Waals surface area contributed by atoms with E-state index in [2.05, 4.69) is 0 Å². The molecule has 0 aliphatic rings. The van der Waals surface area contributed by atoms with Crippen LogP contribution in [0.3, 0.4) is 0 Å². The Labute approximate surface area is 308 Å². The molecule has 0 saturated carbocycles. The number of anilines is 1. The first-order valence-corrected chi connectivity index (χ1v) is 18.0. The number of amides is 1. The fourth-order valence-electron chi connectivity index (χ4n) is 5.29. The largest absolute Gasteiger partial charge is 0.457 e. The van der Waals surface area contributed by atoms with E-state index in [0.717, 1.165) is 11.1 Å². The zero-order valence-corrected chi connectivity index (χ0v) is 29.9. The van der Waals surface area contributed by atoms with Crippen LogP contribution in [0.15, 0.2) is 108 Å². The second-order valence-corrected chi connectivity index (χ2v) is 14.6. The number of hydrogen-bond acceptors (Lipinski definition) is 5. The predicted octanol–water partition coefficient (Wildman–Crippen LogP) is 8.94.